The van der Waals surface area contributed by atoms with Gasteiger partial charge < -0.3 is 9.64 Å². The van der Waals surface area contributed by atoms with Gasteiger partial charge >= 0.3 is 5.97 Å². The van der Waals surface area contributed by atoms with Crippen LogP contribution in [0.25, 0.3) is 0 Å². The van der Waals surface area contributed by atoms with Crippen molar-refractivity contribution < 1.29 is 9.53 Å². The zero-order chi connectivity index (χ0) is 14.5. The van der Waals surface area contributed by atoms with Gasteiger partial charge in [0, 0.05) is 44.2 Å². The molecule has 0 spiro atoms. The van der Waals surface area contributed by atoms with Crippen LogP contribution in [-0.4, -0.2) is 34.9 Å². The highest BCUT2D eigenvalue weighted by atomic mass is 32.1. The number of esters is 1. The van der Waals surface area contributed by atoms with Crippen LogP contribution in [0.1, 0.15) is 17.7 Å². The molecule has 0 atom stereocenters. The number of methoxy groups -OCH3 is 1. The quantitative estimate of drug-likeness (QED) is 0.758. The highest BCUT2D eigenvalue weighted by molar-refractivity contribution is 7.13. The summed E-state index contributed by atoms with van der Waals surface area (Å²) >= 11 is 1.58. The fraction of sp³-hybridized carbons (Fsp3) is 0.462. The van der Waals surface area contributed by atoms with Crippen LogP contribution in [0.15, 0.2) is 17.8 Å². The number of anilines is 1. The molecule has 0 aliphatic rings. The monoisotopic (exact) mass is 294 g/mol. The van der Waals surface area contributed by atoms with Gasteiger partial charge in [-0.05, 0) is 0 Å². The molecule has 0 bridgehead atoms. The molecule has 0 aliphatic carbocycles. The van der Waals surface area contributed by atoms with Gasteiger partial charge in [0.15, 0.2) is 5.13 Å². The summed E-state index contributed by atoms with van der Waals surface area (Å²) in [7, 11) is 5.30. The minimum atomic E-state index is -0.205. The number of hydrogen-bond acceptors (Lipinski definition) is 6. The zero-order valence-electron chi connectivity index (χ0n) is 11.9. The highest BCUT2D eigenvalue weighted by Gasteiger charge is 2.10. The second-order valence-electron chi connectivity index (χ2n) is 4.58. The number of hydrogen-bond donors (Lipinski definition) is 0. The third-order valence-electron chi connectivity index (χ3n) is 2.86. The minimum Gasteiger partial charge on any atom is -0.469 e. The average Bonchev–Trinajstić information content (AvgIpc) is 3.05. The summed E-state index contributed by atoms with van der Waals surface area (Å²) in [4.78, 5) is 17.7. The van der Waals surface area contributed by atoms with Crippen molar-refractivity contribution in [3.63, 3.8) is 0 Å². The molecule has 2 heterocycles. The van der Waals surface area contributed by atoms with Crippen LogP contribution in [0.2, 0.25) is 0 Å². The fourth-order valence-electron chi connectivity index (χ4n) is 1.81. The third-order valence-corrected chi connectivity index (χ3v) is 3.86. The van der Waals surface area contributed by atoms with Crippen LogP contribution < -0.4 is 4.90 Å². The maximum Gasteiger partial charge on any atom is 0.305 e. The Balaban J connectivity index is 1.92. The lowest BCUT2D eigenvalue weighted by atomic mass is 10.2. The van der Waals surface area contributed by atoms with Crippen molar-refractivity contribution in [3.05, 3.63) is 29.0 Å². The van der Waals surface area contributed by atoms with Gasteiger partial charge in [0.1, 0.15) is 0 Å². The Morgan fingerprint density at radius 2 is 2.35 bits per heavy atom. The van der Waals surface area contributed by atoms with Crippen molar-refractivity contribution in [1.82, 2.24) is 14.8 Å². The van der Waals surface area contributed by atoms with E-state index < -0.39 is 0 Å². The van der Waals surface area contributed by atoms with E-state index in [1.54, 1.807) is 16.0 Å². The molecule has 0 N–H and O–H groups in total. The molecule has 0 radical (unpaired) electrons. The van der Waals surface area contributed by atoms with Crippen LogP contribution >= 0.6 is 11.3 Å². The second kappa shape index (κ2) is 6.51. The Morgan fingerprint density at radius 3 is 3.00 bits per heavy atom. The summed E-state index contributed by atoms with van der Waals surface area (Å²) in [6.07, 6.45) is 4.82. The van der Waals surface area contributed by atoms with Crippen LogP contribution in [-0.2, 0) is 29.5 Å². The summed E-state index contributed by atoms with van der Waals surface area (Å²) in [5, 5.41) is 7.07. The molecule has 7 heteroatoms. The SMILES string of the molecule is COC(=O)CCc1csc(N(C)Cc2cnn(C)c2)n1. The highest BCUT2D eigenvalue weighted by Crippen LogP contribution is 2.21. The fourth-order valence-corrected chi connectivity index (χ4v) is 2.64. The normalized spacial score (nSPS) is 10.6. The lowest BCUT2D eigenvalue weighted by molar-refractivity contribution is -0.140. The maximum atomic E-state index is 11.1. The number of aryl methyl sites for hydroxylation is 2. The number of nitrogens with zero attached hydrogens (tertiary/aromatic N) is 4. The standard InChI is InChI=1S/C13H18N4O2S/c1-16(7-10-6-14-17(2)8-10)13-15-11(9-20-13)4-5-12(18)19-3/h6,8-9H,4-5,7H2,1-3H3. The molecule has 2 aromatic heterocycles. The molecule has 0 saturated carbocycles. The van der Waals surface area contributed by atoms with E-state index in [-0.39, 0.29) is 5.97 Å². The Hall–Kier alpha value is -1.89. The summed E-state index contributed by atoms with van der Waals surface area (Å²) in [6.45, 7) is 0.762. The van der Waals surface area contributed by atoms with Gasteiger partial charge in [-0.3, -0.25) is 9.48 Å². The molecule has 6 nitrogen and oxygen atoms in total. The van der Waals surface area contributed by atoms with Gasteiger partial charge in [0.25, 0.3) is 0 Å². The average molecular weight is 294 g/mol. The van der Waals surface area contributed by atoms with Crippen LogP contribution in [0.3, 0.4) is 0 Å². The van der Waals surface area contributed by atoms with Crippen LogP contribution in [0.5, 0.6) is 0 Å². The number of rotatable bonds is 6. The van der Waals surface area contributed by atoms with E-state index >= 15 is 0 Å². The molecule has 0 unspecified atom stereocenters. The molecular weight excluding hydrogens is 276 g/mol. The van der Waals surface area contributed by atoms with Crippen molar-refractivity contribution in [2.75, 3.05) is 19.1 Å². The third kappa shape index (κ3) is 3.80. The maximum absolute atomic E-state index is 11.1. The first-order chi connectivity index (χ1) is 9.58. The predicted molar refractivity (Wildman–Crippen MR) is 77.8 cm³/mol. The van der Waals surface area contributed by atoms with Crippen LogP contribution in [0.4, 0.5) is 5.13 Å². The van der Waals surface area contributed by atoms with Gasteiger partial charge in [-0.2, -0.15) is 5.10 Å². The molecule has 2 aromatic rings. The van der Waals surface area contributed by atoms with E-state index in [9.17, 15) is 4.79 Å². The summed E-state index contributed by atoms with van der Waals surface area (Å²) in [6, 6.07) is 0. The minimum absolute atomic E-state index is 0.205. The van der Waals surface area contributed by atoms with Gasteiger partial charge in [0.2, 0.25) is 0 Å². The Labute approximate surface area is 122 Å². The van der Waals surface area contributed by atoms with Crippen molar-refractivity contribution in [1.29, 1.82) is 0 Å². The van der Waals surface area contributed by atoms with E-state index in [0.717, 1.165) is 22.9 Å². The lowest BCUT2D eigenvalue weighted by Crippen LogP contribution is -2.15. The van der Waals surface area contributed by atoms with Gasteiger partial charge in [-0.1, -0.05) is 0 Å². The van der Waals surface area contributed by atoms with E-state index in [0.29, 0.717) is 12.8 Å². The first kappa shape index (κ1) is 14.5. The largest absolute Gasteiger partial charge is 0.469 e. The predicted octanol–water partition coefficient (Wildman–Crippen LogP) is 1.62. The number of carbonyl (C=O) groups is 1. The number of ether oxygens (including phenoxy) is 1. The Kier molecular flexibility index (Phi) is 4.73. The molecule has 0 saturated heterocycles. The molecule has 0 fully saturated rings. The lowest BCUT2D eigenvalue weighted by Gasteiger charge is -2.14. The molecule has 0 aliphatic heterocycles. The molecule has 108 valence electrons. The van der Waals surface area contributed by atoms with Crippen molar-refractivity contribution in [2.45, 2.75) is 19.4 Å². The summed E-state index contributed by atoms with van der Waals surface area (Å²) < 4.78 is 6.41. The smallest absolute Gasteiger partial charge is 0.305 e. The van der Waals surface area contributed by atoms with Crippen molar-refractivity contribution in [3.8, 4) is 0 Å². The van der Waals surface area contributed by atoms with E-state index in [4.69, 9.17) is 0 Å². The van der Waals surface area contributed by atoms with Gasteiger partial charge in [-0.15, -0.1) is 11.3 Å². The Bertz CT molecular complexity index is 578. The molecule has 2 rings (SSSR count). The van der Waals surface area contributed by atoms with Gasteiger partial charge in [0.05, 0.1) is 25.4 Å². The van der Waals surface area contributed by atoms with Crippen molar-refractivity contribution >= 4 is 22.4 Å². The van der Waals surface area contributed by atoms with E-state index in [1.165, 1.54) is 7.11 Å². The second-order valence-corrected chi connectivity index (χ2v) is 5.41. The van der Waals surface area contributed by atoms with Gasteiger partial charge in [-0.25, -0.2) is 4.98 Å². The first-order valence-corrected chi connectivity index (χ1v) is 7.16. The van der Waals surface area contributed by atoms with E-state index in [1.807, 2.05) is 31.9 Å². The number of thiazole rings is 1. The van der Waals surface area contributed by atoms with Crippen LogP contribution in [0, 0.1) is 0 Å². The molecule has 0 amide bonds. The Morgan fingerprint density at radius 1 is 1.55 bits per heavy atom. The molecule has 0 aromatic carbocycles. The molecular formula is C13H18N4O2S. The first-order valence-electron chi connectivity index (χ1n) is 6.28. The van der Waals surface area contributed by atoms with E-state index in [2.05, 4.69) is 19.7 Å². The topological polar surface area (TPSA) is 60.2 Å². The van der Waals surface area contributed by atoms with Crippen molar-refractivity contribution in [2.24, 2.45) is 7.05 Å². The number of carbonyl (C=O) groups excluding carboxylic acids is 1. The summed E-state index contributed by atoms with van der Waals surface area (Å²) in [5.74, 6) is -0.205. The molecule has 20 heavy (non-hydrogen) atoms. The number of aromatic nitrogens is 3. The zero-order valence-corrected chi connectivity index (χ0v) is 12.7. The summed E-state index contributed by atoms with van der Waals surface area (Å²) in [5.41, 5.74) is 2.06.